The summed E-state index contributed by atoms with van der Waals surface area (Å²) in [6, 6.07) is 9.82. The molecule has 0 aromatic heterocycles. The van der Waals surface area contributed by atoms with E-state index in [1.54, 1.807) is 18.2 Å². The molecule has 0 bridgehead atoms. The molecule has 1 aliphatic rings. The van der Waals surface area contributed by atoms with Crippen LogP contribution in [0, 0.1) is 5.82 Å². The van der Waals surface area contributed by atoms with E-state index in [4.69, 9.17) is 26.8 Å². The Balaban J connectivity index is 2.13. The van der Waals surface area contributed by atoms with E-state index in [9.17, 15) is 4.39 Å². The third kappa shape index (κ3) is 2.25. The molecule has 0 fully saturated rings. The maximum Gasteiger partial charge on any atom is 0.253 e. The van der Waals surface area contributed by atoms with Crippen LogP contribution >= 0.6 is 11.6 Å². The molecule has 19 heavy (non-hydrogen) atoms. The van der Waals surface area contributed by atoms with Gasteiger partial charge in [-0.25, -0.2) is 4.39 Å². The third-order valence-corrected chi connectivity index (χ3v) is 3.09. The lowest BCUT2D eigenvalue weighted by atomic mass is 10.0. The molecule has 3 nitrogen and oxygen atoms in total. The summed E-state index contributed by atoms with van der Waals surface area (Å²) in [6.45, 7) is 0.200. The molecular formula is C14H11ClFNO2. The number of halogens is 2. The Labute approximate surface area is 114 Å². The highest BCUT2D eigenvalue weighted by Crippen LogP contribution is 2.44. The first-order chi connectivity index (χ1) is 9.17. The normalized spacial score (nSPS) is 16.7. The van der Waals surface area contributed by atoms with Crippen molar-refractivity contribution in [1.82, 2.24) is 0 Å². The van der Waals surface area contributed by atoms with E-state index in [-0.39, 0.29) is 6.54 Å². The van der Waals surface area contributed by atoms with Gasteiger partial charge in [-0.2, -0.15) is 0 Å². The second kappa shape index (κ2) is 4.72. The van der Waals surface area contributed by atoms with Gasteiger partial charge in [0.1, 0.15) is 5.82 Å². The highest BCUT2D eigenvalue weighted by Gasteiger charge is 2.27. The summed E-state index contributed by atoms with van der Waals surface area (Å²) in [5.74, 6) is 0.472. The number of benzene rings is 2. The fourth-order valence-electron chi connectivity index (χ4n) is 2.04. The number of hydrogen-bond acceptors (Lipinski definition) is 3. The van der Waals surface area contributed by atoms with Gasteiger partial charge in [-0.15, -0.1) is 0 Å². The van der Waals surface area contributed by atoms with Gasteiger partial charge in [0.05, 0.1) is 6.54 Å². The van der Waals surface area contributed by atoms with Crippen LogP contribution in [0.3, 0.4) is 0 Å². The van der Waals surface area contributed by atoms with Gasteiger partial charge < -0.3 is 15.2 Å². The summed E-state index contributed by atoms with van der Waals surface area (Å²) in [5.41, 5.74) is 6.87. The Hall–Kier alpha value is -1.78. The van der Waals surface area contributed by atoms with E-state index in [1.807, 2.05) is 6.07 Å². The smallest absolute Gasteiger partial charge is 0.253 e. The van der Waals surface area contributed by atoms with Crippen LogP contribution in [0.1, 0.15) is 0 Å². The highest BCUT2D eigenvalue weighted by molar-refractivity contribution is 6.30. The molecule has 1 heterocycles. The maximum atomic E-state index is 13.6. The van der Waals surface area contributed by atoms with Crippen LogP contribution < -0.4 is 15.2 Å². The number of hydrogen-bond donors (Lipinski definition) is 1. The van der Waals surface area contributed by atoms with Crippen molar-refractivity contribution in [2.45, 2.75) is 6.29 Å². The Kier molecular flexibility index (Phi) is 3.05. The molecule has 3 rings (SSSR count). The molecule has 2 aromatic rings. The molecule has 98 valence electrons. The van der Waals surface area contributed by atoms with Crippen molar-refractivity contribution in [2.75, 3.05) is 6.54 Å². The SMILES string of the molecule is NC[C@H]1Oc2cc(F)cc(-c3cccc(Cl)c3)c2O1. The van der Waals surface area contributed by atoms with Crippen LogP contribution in [0.4, 0.5) is 4.39 Å². The van der Waals surface area contributed by atoms with Crippen LogP contribution in [0.25, 0.3) is 11.1 Å². The maximum absolute atomic E-state index is 13.6. The van der Waals surface area contributed by atoms with Gasteiger partial charge in [-0.3, -0.25) is 0 Å². The third-order valence-electron chi connectivity index (χ3n) is 2.86. The van der Waals surface area contributed by atoms with E-state index in [2.05, 4.69) is 0 Å². The summed E-state index contributed by atoms with van der Waals surface area (Å²) >= 11 is 5.96. The standard InChI is InChI=1S/C14H11ClFNO2/c15-9-3-1-2-8(4-9)11-5-10(16)6-12-14(11)19-13(7-17)18-12/h1-6,13H,7,17H2/t13-/m0/s1. The second-order valence-electron chi connectivity index (χ2n) is 4.19. The number of nitrogens with two attached hydrogens (primary N) is 1. The predicted octanol–water partition coefficient (Wildman–Crippen LogP) is 3.20. The molecule has 0 saturated carbocycles. The lowest BCUT2D eigenvalue weighted by molar-refractivity contribution is 0.0582. The van der Waals surface area contributed by atoms with Gasteiger partial charge in [-0.1, -0.05) is 23.7 Å². The molecule has 0 saturated heterocycles. The quantitative estimate of drug-likeness (QED) is 0.918. The molecule has 1 aliphatic heterocycles. The average Bonchev–Trinajstić information content (AvgIpc) is 2.80. The van der Waals surface area contributed by atoms with Gasteiger partial charge in [0.15, 0.2) is 11.5 Å². The van der Waals surface area contributed by atoms with Crippen LogP contribution in [-0.2, 0) is 0 Å². The fraction of sp³-hybridized carbons (Fsp3) is 0.143. The molecule has 2 N–H and O–H groups in total. The zero-order valence-corrected chi connectivity index (χ0v) is 10.7. The first kappa shape index (κ1) is 12.3. The van der Waals surface area contributed by atoms with Crippen LogP contribution in [0.5, 0.6) is 11.5 Å². The van der Waals surface area contributed by atoms with Gasteiger partial charge in [-0.05, 0) is 23.8 Å². The lowest BCUT2D eigenvalue weighted by Gasteiger charge is -2.08. The Morgan fingerprint density at radius 1 is 1.21 bits per heavy atom. The minimum atomic E-state index is -0.574. The summed E-state index contributed by atoms with van der Waals surface area (Å²) in [5, 5.41) is 0.574. The first-order valence-electron chi connectivity index (χ1n) is 5.80. The highest BCUT2D eigenvalue weighted by atomic mass is 35.5. The van der Waals surface area contributed by atoms with Crippen molar-refractivity contribution in [3.8, 4) is 22.6 Å². The van der Waals surface area contributed by atoms with Gasteiger partial charge >= 0.3 is 0 Å². The summed E-state index contributed by atoms with van der Waals surface area (Å²) < 4.78 is 24.6. The van der Waals surface area contributed by atoms with Crippen molar-refractivity contribution in [1.29, 1.82) is 0 Å². The van der Waals surface area contributed by atoms with E-state index < -0.39 is 12.1 Å². The number of fused-ring (bicyclic) bond motifs is 1. The lowest BCUT2D eigenvalue weighted by Crippen LogP contribution is -2.27. The monoisotopic (exact) mass is 279 g/mol. The average molecular weight is 280 g/mol. The molecule has 1 atom stereocenters. The summed E-state index contributed by atoms with van der Waals surface area (Å²) in [4.78, 5) is 0. The largest absolute Gasteiger partial charge is 0.449 e. The first-order valence-corrected chi connectivity index (χ1v) is 6.18. The van der Waals surface area contributed by atoms with Gasteiger partial charge in [0.2, 0.25) is 0 Å². The second-order valence-corrected chi connectivity index (χ2v) is 4.63. The van der Waals surface area contributed by atoms with Crippen molar-refractivity contribution in [3.05, 3.63) is 47.2 Å². The molecule has 5 heteroatoms. The Morgan fingerprint density at radius 2 is 2.05 bits per heavy atom. The molecular weight excluding hydrogens is 269 g/mol. The minimum absolute atomic E-state index is 0.200. The molecule has 0 radical (unpaired) electrons. The van der Waals surface area contributed by atoms with E-state index in [0.29, 0.717) is 22.1 Å². The number of rotatable bonds is 2. The molecule has 0 aliphatic carbocycles. The van der Waals surface area contributed by atoms with E-state index >= 15 is 0 Å². The van der Waals surface area contributed by atoms with Crippen LogP contribution in [-0.4, -0.2) is 12.8 Å². The summed E-state index contributed by atoms with van der Waals surface area (Å²) in [7, 11) is 0. The molecule has 0 spiro atoms. The Morgan fingerprint density at radius 3 is 2.79 bits per heavy atom. The van der Waals surface area contributed by atoms with Crippen molar-refractivity contribution in [3.63, 3.8) is 0 Å². The molecule has 2 aromatic carbocycles. The van der Waals surface area contributed by atoms with Gasteiger partial charge in [0.25, 0.3) is 6.29 Å². The van der Waals surface area contributed by atoms with E-state index in [0.717, 1.165) is 5.56 Å². The van der Waals surface area contributed by atoms with E-state index in [1.165, 1.54) is 12.1 Å². The summed E-state index contributed by atoms with van der Waals surface area (Å²) in [6.07, 6.45) is -0.574. The van der Waals surface area contributed by atoms with Gasteiger partial charge in [0, 0.05) is 16.7 Å². The zero-order valence-electron chi connectivity index (χ0n) is 9.90. The zero-order chi connectivity index (χ0) is 13.4. The van der Waals surface area contributed by atoms with Crippen molar-refractivity contribution in [2.24, 2.45) is 5.73 Å². The van der Waals surface area contributed by atoms with Crippen molar-refractivity contribution >= 4 is 11.6 Å². The fourth-order valence-corrected chi connectivity index (χ4v) is 2.23. The number of ether oxygens (including phenoxy) is 2. The topological polar surface area (TPSA) is 44.5 Å². The van der Waals surface area contributed by atoms with Crippen LogP contribution in [0.15, 0.2) is 36.4 Å². The molecule has 0 unspecified atom stereocenters. The van der Waals surface area contributed by atoms with Crippen molar-refractivity contribution < 1.29 is 13.9 Å². The van der Waals surface area contributed by atoms with Crippen LogP contribution in [0.2, 0.25) is 5.02 Å². The Bertz CT molecular complexity index is 633. The molecule has 0 amide bonds. The predicted molar refractivity (Wildman–Crippen MR) is 70.9 cm³/mol. The minimum Gasteiger partial charge on any atom is -0.449 e.